The summed E-state index contributed by atoms with van der Waals surface area (Å²) in [6.45, 7) is 2.49. The second kappa shape index (κ2) is 6.61. The lowest BCUT2D eigenvalue weighted by Gasteiger charge is -2.15. The highest BCUT2D eigenvalue weighted by atomic mass is 16.5. The monoisotopic (exact) mass is 272 g/mol. The first-order valence-corrected chi connectivity index (χ1v) is 6.38. The second-order valence-electron chi connectivity index (χ2n) is 4.15. The fourth-order valence-corrected chi connectivity index (χ4v) is 1.81. The van der Waals surface area contributed by atoms with Gasteiger partial charge in [0.05, 0.1) is 6.61 Å². The number of hydrogen-bond acceptors (Lipinski definition) is 3. The molecular formula is C16H16O4. The molecule has 0 aromatic heterocycles. The molecule has 0 heterocycles. The van der Waals surface area contributed by atoms with E-state index >= 15 is 0 Å². The fourth-order valence-electron chi connectivity index (χ4n) is 1.81. The summed E-state index contributed by atoms with van der Waals surface area (Å²) < 4.78 is 10.9. The van der Waals surface area contributed by atoms with Gasteiger partial charge in [-0.1, -0.05) is 30.3 Å². The summed E-state index contributed by atoms with van der Waals surface area (Å²) in [7, 11) is 0. The molecule has 4 nitrogen and oxygen atoms in total. The van der Waals surface area contributed by atoms with Crippen LogP contribution in [-0.4, -0.2) is 17.7 Å². The maximum atomic E-state index is 11.3. The standard InChI is InChI=1S/C16H16O4/c1-2-19-13-8-10-14(11-9-13)20-15(16(17)18)12-6-4-3-5-7-12/h3-11,15H,2H2,1H3,(H,17,18). The van der Waals surface area contributed by atoms with Crippen LogP contribution in [0.15, 0.2) is 54.6 Å². The molecule has 2 aromatic carbocycles. The van der Waals surface area contributed by atoms with Crippen molar-refractivity contribution in [1.82, 2.24) is 0 Å². The minimum absolute atomic E-state index is 0.490. The van der Waals surface area contributed by atoms with Crippen LogP contribution >= 0.6 is 0 Å². The largest absolute Gasteiger partial charge is 0.494 e. The van der Waals surface area contributed by atoms with Gasteiger partial charge in [-0.25, -0.2) is 4.79 Å². The summed E-state index contributed by atoms with van der Waals surface area (Å²) in [6.07, 6.45) is -1.02. The first-order chi connectivity index (χ1) is 9.70. The highest BCUT2D eigenvalue weighted by molar-refractivity contribution is 5.74. The van der Waals surface area contributed by atoms with E-state index in [1.165, 1.54) is 0 Å². The molecule has 2 aromatic rings. The Labute approximate surface area is 117 Å². The molecule has 104 valence electrons. The van der Waals surface area contributed by atoms with Crippen molar-refractivity contribution in [3.05, 3.63) is 60.2 Å². The Hall–Kier alpha value is -2.49. The number of rotatable bonds is 6. The summed E-state index contributed by atoms with van der Waals surface area (Å²) in [5.74, 6) is 0.196. The van der Waals surface area contributed by atoms with E-state index in [4.69, 9.17) is 9.47 Å². The second-order valence-corrected chi connectivity index (χ2v) is 4.15. The van der Waals surface area contributed by atoms with Crippen molar-refractivity contribution >= 4 is 5.97 Å². The van der Waals surface area contributed by atoms with Crippen molar-refractivity contribution in [2.45, 2.75) is 13.0 Å². The molecule has 0 spiro atoms. The number of hydrogen-bond donors (Lipinski definition) is 1. The highest BCUT2D eigenvalue weighted by Crippen LogP contribution is 2.24. The predicted octanol–water partition coefficient (Wildman–Crippen LogP) is 3.29. The molecule has 0 saturated carbocycles. The zero-order valence-corrected chi connectivity index (χ0v) is 11.2. The van der Waals surface area contributed by atoms with Crippen LogP contribution in [0.3, 0.4) is 0 Å². The minimum Gasteiger partial charge on any atom is -0.494 e. The quantitative estimate of drug-likeness (QED) is 0.876. The number of carboxylic acid groups (broad SMARTS) is 1. The molecule has 2 rings (SSSR count). The van der Waals surface area contributed by atoms with Gasteiger partial charge in [0.25, 0.3) is 0 Å². The molecule has 4 heteroatoms. The zero-order valence-electron chi connectivity index (χ0n) is 11.2. The molecule has 0 amide bonds. The maximum absolute atomic E-state index is 11.3. The van der Waals surface area contributed by atoms with Crippen molar-refractivity contribution in [2.24, 2.45) is 0 Å². The fraction of sp³-hybridized carbons (Fsp3) is 0.188. The summed E-state index contributed by atoms with van der Waals surface area (Å²) in [5, 5.41) is 9.28. The van der Waals surface area contributed by atoms with Gasteiger partial charge in [0.15, 0.2) is 0 Å². The van der Waals surface area contributed by atoms with E-state index < -0.39 is 12.1 Å². The number of aliphatic carboxylic acids is 1. The van der Waals surface area contributed by atoms with Crippen LogP contribution in [0.5, 0.6) is 11.5 Å². The Balaban J connectivity index is 2.14. The lowest BCUT2D eigenvalue weighted by molar-refractivity contribution is -0.145. The first kappa shape index (κ1) is 13.9. The van der Waals surface area contributed by atoms with E-state index in [0.717, 1.165) is 5.75 Å². The Morgan fingerprint density at radius 1 is 1.05 bits per heavy atom. The van der Waals surface area contributed by atoms with Crippen molar-refractivity contribution in [1.29, 1.82) is 0 Å². The molecule has 1 unspecified atom stereocenters. The van der Waals surface area contributed by atoms with E-state index in [1.807, 2.05) is 13.0 Å². The Morgan fingerprint density at radius 3 is 2.20 bits per heavy atom. The van der Waals surface area contributed by atoms with Crippen molar-refractivity contribution in [3.63, 3.8) is 0 Å². The van der Waals surface area contributed by atoms with Gasteiger partial charge in [0.1, 0.15) is 11.5 Å². The van der Waals surface area contributed by atoms with E-state index in [9.17, 15) is 9.90 Å². The average molecular weight is 272 g/mol. The molecule has 0 bridgehead atoms. The van der Waals surface area contributed by atoms with Crippen LogP contribution in [0.4, 0.5) is 0 Å². The molecule has 0 aliphatic rings. The van der Waals surface area contributed by atoms with Crippen LogP contribution in [0.1, 0.15) is 18.6 Å². The number of carbonyl (C=O) groups is 1. The molecule has 1 atom stereocenters. The smallest absolute Gasteiger partial charge is 0.349 e. The Bertz CT molecular complexity index is 548. The SMILES string of the molecule is CCOc1ccc(OC(C(=O)O)c2ccccc2)cc1. The summed E-state index contributed by atoms with van der Waals surface area (Å²) in [4.78, 5) is 11.3. The van der Waals surface area contributed by atoms with Crippen LogP contribution in [0.2, 0.25) is 0 Å². The van der Waals surface area contributed by atoms with Gasteiger partial charge in [-0.3, -0.25) is 0 Å². The molecule has 20 heavy (non-hydrogen) atoms. The van der Waals surface area contributed by atoms with Gasteiger partial charge in [0, 0.05) is 5.56 Å². The summed E-state index contributed by atoms with van der Waals surface area (Å²) in [6, 6.07) is 15.8. The molecule has 0 radical (unpaired) electrons. The van der Waals surface area contributed by atoms with E-state index in [0.29, 0.717) is 17.9 Å². The Kier molecular flexibility index (Phi) is 4.60. The maximum Gasteiger partial charge on any atom is 0.349 e. The number of benzene rings is 2. The van der Waals surface area contributed by atoms with E-state index in [-0.39, 0.29) is 0 Å². The van der Waals surface area contributed by atoms with Gasteiger partial charge < -0.3 is 14.6 Å². The third-order valence-electron chi connectivity index (χ3n) is 2.72. The van der Waals surface area contributed by atoms with Crippen molar-refractivity contribution in [2.75, 3.05) is 6.61 Å². The molecule has 0 aliphatic heterocycles. The van der Waals surface area contributed by atoms with Crippen LogP contribution in [-0.2, 0) is 4.79 Å². The highest BCUT2D eigenvalue weighted by Gasteiger charge is 2.21. The first-order valence-electron chi connectivity index (χ1n) is 6.38. The van der Waals surface area contributed by atoms with E-state index in [2.05, 4.69) is 0 Å². The van der Waals surface area contributed by atoms with Gasteiger partial charge in [-0.2, -0.15) is 0 Å². The van der Waals surface area contributed by atoms with E-state index in [1.54, 1.807) is 48.5 Å². The van der Waals surface area contributed by atoms with Crippen molar-refractivity contribution in [3.8, 4) is 11.5 Å². The van der Waals surface area contributed by atoms with Crippen LogP contribution in [0.25, 0.3) is 0 Å². The minimum atomic E-state index is -1.02. The third-order valence-corrected chi connectivity index (χ3v) is 2.72. The summed E-state index contributed by atoms with van der Waals surface area (Å²) in [5.41, 5.74) is 0.605. The topological polar surface area (TPSA) is 55.8 Å². The zero-order chi connectivity index (χ0) is 14.4. The van der Waals surface area contributed by atoms with Crippen molar-refractivity contribution < 1.29 is 19.4 Å². The molecule has 1 N–H and O–H groups in total. The van der Waals surface area contributed by atoms with Crippen LogP contribution in [0, 0.1) is 0 Å². The van der Waals surface area contributed by atoms with Gasteiger partial charge in [0.2, 0.25) is 6.10 Å². The van der Waals surface area contributed by atoms with Crippen LogP contribution < -0.4 is 9.47 Å². The van der Waals surface area contributed by atoms with Gasteiger partial charge in [-0.05, 0) is 31.2 Å². The average Bonchev–Trinajstić information content (AvgIpc) is 2.47. The molecule has 0 fully saturated rings. The normalized spacial score (nSPS) is 11.7. The number of carboxylic acids is 1. The predicted molar refractivity (Wildman–Crippen MR) is 75.1 cm³/mol. The molecular weight excluding hydrogens is 256 g/mol. The van der Waals surface area contributed by atoms with Gasteiger partial charge >= 0.3 is 5.97 Å². The molecule has 0 saturated heterocycles. The lowest BCUT2D eigenvalue weighted by Crippen LogP contribution is -2.18. The third kappa shape index (κ3) is 3.51. The Morgan fingerprint density at radius 2 is 1.65 bits per heavy atom. The lowest BCUT2D eigenvalue weighted by atomic mass is 10.1. The molecule has 0 aliphatic carbocycles. The number of ether oxygens (including phenoxy) is 2. The van der Waals surface area contributed by atoms with Gasteiger partial charge in [-0.15, -0.1) is 0 Å². The summed E-state index contributed by atoms with van der Waals surface area (Å²) >= 11 is 0.